The number of likely N-dealkylation sites (tertiary alicyclic amines) is 1. The van der Waals surface area contributed by atoms with E-state index in [4.69, 9.17) is 0 Å². The largest absolute Gasteiger partial charge is 0.356 e. The maximum atomic E-state index is 13.7. The zero-order valence-electron chi connectivity index (χ0n) is 18.0. The molecule has 2 aromatic heterocycles. The molecule has 0 unspecified atom stereocenters. The molecule has 0 bridgehead atoms. The molecule has 1 fully saturated rings. The van der Waals surface area contributed by atoms with Crippen molar-refractivity contribution >= 4 is 39.9 Å². The van der Waals surface area contributed by atoms with E-state index in [1.54, 1.807) is 29.3 Å². The number of carbonyl (C=O) groups excluding carboxylic acids is 2. The van der Waals surface area contributed by atoms with Crippen LogP contribution < -0.4 is 10.9 Å². The number of fused-ring (bicyclic) bond motifs is 1. The molecule has 174 valence electrons. The molecule has 1 aliphatic heterocycles. The average molecular weight is 489 g/mol. The molecule has 2 amide bonds. The minimum Gasteiger partial charge on any atom is -0.356 e. The summed E-state index contributed by atoms with van der Waals surface area (Å²) in [4.78, 5) is 43.9. The molecule has 1 aromatic carbocycles. The number of rotatable bonds is 8. The summed E-state index contributed by atoms with van der Waals surface area (Å²) >= 11 is 2.84. The van der Waals surface area contributed by atoms with Crippen molar-refractivity contribution in [3.05, 3.63) is 69.3 Å². The zero-order chi connectivity index (χ0) is 23.2. The normalized spacial score (nSPS) is 14.5. The molecular weight excluding hydrogens is 463 g/mol. The van der Waals surface area contributed by atoms with Crippen molar-refractivity contribution in [3.63, 3.8) is 0 Å². The van der Waals surface area contributed by atoms with Crippen molar-refractivity contribution in [1.29, 1.82) is 0 Å². The highest BCUT2D eigenvalue weighted by Gasteiger charge is 2.27. The number of aromatic nitrogens is 2. The average Bonchev–Trinajstić information content (AvgIpc) is 3.30. The molecule has 33 heavy (non-hydrogen) atoms. The third-order valence-electron chi connectivity index (χ3n) is 5.70. The van der Waals surface area contributed by atoms with Gasteiger partial charge in [-0.15, -0.1) is 23.1 Å². The van der Waals surface area contributed by atoms with Crippen molar-refractivity contribution in [2.45, 2.75) is 25.0 Å². The van der Waals surface area contributed by atoms with Gasteiger partial charge in [0, 0.05) is 48.9 Å². The molecule has 1 aliphatic rings. The number of piperidine rings is 1. The molecule has 0 saturated carbocycles. The molecule has 0 radical (unpaired) electrons. The summed E-state index contributed by atoms with van der Waals surface area (Å²) in [5.41, 5.74) is 1.15. The predicted molar refractivity (Wildman–Crippen MR) is 128 cm³/mol. The lowest BCUT2D eigenvalue weighted by atomic mass is 9.96. The van der Waals surface area contributed by atoms with Gasteiger partial charge in [-0.2, -0.15) is 0 Å². The summed E-state index contributed by atoms with van der Waals surface area (Å²) in [6.45, 7) is 1.49. The van der Waals surface area contributed by atoms with Gasteiger partial charge in [0.15, 0.2) is 4.96 Å². The molecule has 3 aromatic rings. The summed E-state index contributed by atoms with van der Waals surface area (Å²) < 4.78 is 15.2. The molecule has 4 rings (SSSR count). The number of carbonyl (C=O) groups is 2. The maximum absolute atomic E-state index is 13.7. The van der Waals surface area contributed by atoms with E-state index in [9.17, 15) is 18.8 Å². The Labute approximate surface area is 199 Å². The van der Waals surface area contributed by atoms with E-state index in [-0.39, 0.29) is 29.1 Å². The molecule has 1 N–H and O–H groups in total. The summed E-state index contributed by atoms with van der Waals surface area (Å²) in [7, 11) is 0. The van der Waals surface area contributed by atoms with Crippen molar-refractivity contribution in [3.8, 4) is 0 Å². The lowest BCUT2D eigenvalue weighted by Gasteiger charge is -2.31. The number of hydrogen-bond donors (Lipinski definition) is 1. The van der Waals surface area contributed by atoms with Gasteiger partial charge in [-0.25, -0.2) is 9.37 Å². The van der Waals surface area contributed by atoms with Gasteiger partial charge in [0.1, 0.15) is 5.82 Å². The Balaban J connectivity index is 1.16. The third kappa shape index (κ3) is 6.00. The number of nitrogens with zero attached hydrogens (tertiary/aromatic N) is 3. The minimum atomic E-state index is -0.258. The van der Waals surface area contributed by atoms with Crippen LogP contribution in [-0.4, -0.2) is 51.5 Å². The molecule has 1 saturated heterocycles. The lowest BCUT2D eigenvalue weighted by molar-refractivity contribution is -0.133. The molecule has 7 nitrogen and oxygen atoms in total. The van der Waals surface area contributed by atoms with Crippen LogP contribution in [0.2, 0.25) is 0 Å². The first-order chi connectivity index (χ1) is 16.0. The van der Waals surface area contributed by atoms with Gasteiger partial charge in [-0.3, -0.25) is 18.8 Å². The SMILES string of the molecule is O=C(NCCc1ccccc1F)C1CCN(C(=O)CSCc2cc(=O)n3ccsc3n2)CC1. The van der Waals surface area contributed by atoms with Crippen LogP contribution in [0, 0.1) is 11.7 Å². The third-order valence-corrected chi connectivity index (χ3v) is 7.41. The molecular formula is C23H25FN4O3S2. The fourth-order valence-electron chi connectivity index (χ4n) is 3.85. The number of halogens is 1. The number of hydrogen-bond acceptors (Lipinski definition) is 6. The van der Waals surface area contributed by atoms with Gasteiger partial charge in [-0.1, -0.05) is 18.2 Å². The van der Waals surface area contributed by atoms with E-state index in [0.717, 1.165) is 0 Å². The highest BCUT2D eigenvalue weighted by molar-refractivity contribution is 7.99. The zero-order valence-corrected chi connectivity index (χ0v) is 19.7. The first kappa shape index (κ1) is 23.4. The monoisotopic (exact) mass is 488 g/mol. The Kier molecular flexibility index (Phi) is 7.77. The van der Waals surface area contributed by atoms with Gasteiger partial charge < -0.3 is 10.2 Å². The van der Waals surface area contributed by atoms with Crippen molar-refractivity contribution in [1.82, 2.24) is 19.6 Å². The Hall–Kier alpha value is -2.72. The van der Waals surface area contributed by atoms with E-state index in [0.29, 0.717) is 66.6 Å². The Morgan fingerprint density at radius 1 is 1.24 bits per heavy atom. The Morgan fingerprint density at radius 3 is 2.82 bits per heavy atom. The smallest absolute Gasteiger partial charge is 0.258 e. The number of thiazole rings is 1. The Bertz CT molecular complexity index is 1190. The second kappa shape index (κ2) is 10.9. The number of nitrogens with one attached hydrogen (secondary N) is 1. The van der Waals surface area contributed by atoms with E-state index in [1.165, 1.54) is 39.6 Å². The lowest BCUT2D eigenvalue weighted by Crippen LogP contribution is -2.44. The van der Waals surface area contributed by atoms with Gasteiger partial charge in [0.05, 0.1) is 11.4 Å². The van der Waals surface area contributed by atoms with Crippen LogP contribution in [-0.2, 0) is 21.8 Å². The summed E-state index contributed by atoms with van der Waals surface area (Å²) in [5.74, 6) is 0.423. The fraction of sp³-hybridized carbons (Fsp3) is 0.391. The molecule has 3 heterocycles. The van der Waals surface area contributed by atoms with Crippen LogP contribution in [0.4, 0.5) is 4.39 Å². The highest BCUT2D eigenvalue weighted by atomic mass is 32.2. The van der Waals surface area contributed by atoms with Gasteiger partial charge >= 0.3 is 0 Å². The molecule has 10 heteroatoms. The van der Waals surface area contributed by atoms with E-state index >= 15 is 0 Å². The van der Waals surface area contributed by atoms with Crippen LogP contribution in [0.5, 0.6) is 0 Å². The summed E-state index contributed by atoms with van der Waals surface area (Å²) in [6, 6.07) is 8.07. The van der Waals surface area contributed by atoms with Crippen LogP contribution in [0.25, 0.3) is 4.96 Å². The predicted octanol–water partition coefficient (Wildman–Crippen LogP) is 2.73. The number of benzene rings is 1. The first-order valence-corrected chi connectivity index (χ1v) is 12.9. The van der Waals surface area contributed by atoms with E-state index in [1.807, 2.05) is 5.38 Å². The quantitative estimate of drug-likeness (QED) is 0.527. The van der Waals surface area contributed by atoms with Gasteiger partial charge in [0.2, 0.25) is 11.8 Å². The second-order valence-electron chi connectivity index (χ2n) is 7.92. The molecule has 0 atom stereocenters. The van der Waals surface area contributed by atoms with Crippen molar-refractivity contribution in [2.24, 2.45) is 5.92 Å². The first-order valence-electron chi connectivity index (χ1n) is 10.8. The minimum absolute atomic E-state index is 0.0332. The van der Waals surface area contributed by atoms with Crippen molar-refractivity contribution < 1.29 is 14.0 Å². The summed E-state index contributed by atoms with van der Waals surface area (Å²) in [6.07, 6.45) is 3.39. The standard InChI is InChI=1S/C23H25FN4O3S2/c24-19-4-2-1-3-16(19)5-8-25-22(31)17-6-9-27(10-7-17)21(30)15-32-14-18-13-20(29)28-11-12-33-23(28)26-18/h1-4,11-13,17H,5-10,14-15H2,(H,25,31). The van der Waals surface area contributed by atoms with Gasteiger partial charge in [-0.05, 0) is 30.9 Å². The number of amides is 2. The number of thioether (sulfide) groups is 1. The fourth-order valence-corrected chi connectivity index (χ4v) is 5.41. The van der Waals surface area contributed by atoms with E-state index in [2.05, 4.69) is 10.3 Å². The maximum Gasteiger partial charge on any atom is 0.258 e. The van der Waals surface area contributed by atoms with Crippen LogP contribution in [0.15, 0.2) is 46.7 Å². The van der Waals surface area contributed by atoms with Crippen LogP contribution in [0.3, 0.4) is 0 Å². The van der Waals surface area contributed by atoms with Crippen molar-refractivity contribution in [2.75, 3.05) is 25.4 Å². The highest BCUT2D eigenvalue weighted by Crippen LogP contribution is 2.19. The summed E-state index contributed by atoms with van der Waals surface area (Å²) in [5, 5.41) is 4.71. The Morgan fingerprint density at radius 2 is 2.03 bits per heavy atom. The second-order valence-corrected chi connectivity index (χ2v) is 9.78. The van der Waals surface area contributed by atoms with Gasteiger partial charge in [0.25, 0.3) is 5.56 Å². The van der Waals surface area contributed by atoms with Crippen LogP contribution >= 0.6 is 23.1 Å². The van der Waals surface area contributed by atoms with Crippen LogP contribution in [0.1, 0.15) is 24.1 Å². The van der Waals surface area contributed by atoms with E-state index < -0.39 is 0 Å². The molecule has 0 aliphatic carbocycles. The molecule has 0 spiro atoms. The topological polar surface area (TPSA) is 83.8 Å².